The molecule has 4 heteroatoms. The molecule has 0 N–H and O–H groups in total. The van der Waals surface area contributed by atoms with E-state index in [-0.39, 0.29) is 12.2 Å². The van der Waals surface area contributed by atoms with E-state index >= 15 is 0 Å². The predicted octanol–water partition coefficient (Wildman–Crippen LogP) is 3.79. The molecule has 4 nitrogen and oxygen atoms in total. The molecule has 2 atom stereocenters. The first kappa shape index (κ1) is 18.7. The van der Waals surface area contributed by atoms with E-state index in [1.54, 1.807) is 0 Å². The van der Waals surface area contributed by atoms with E-state index in [2.05, 4.69) is 0 Å². The lowest BCUT2D eigenvalue weighted by molar-refractivity contribution is -0.146. The highest BCUT2D eigenvalue weighted by Gasteiger charge is 2.11. The molecule has 0 radical (unpaired) electrons. The highest BCUT2D eigenvalue weighted by Crippen LogP contribution is 2.08. The molecule has 0 saturated carbocycles. The van der Waals surface area contributed by atoms with Crippen molar-refractivity contribution in [3.8, 4) is 0 Å². The number of hydrogen-bond acceptors (Lipinski definition) is 4. The number of rotatable bonds is 10. The normalized spacial score (nSPS) is 14.0. The lowest BCUT2D eigenvalue weighted by Crippen LogP contribution is -2.17. The molecule has 0 aromatic carbocycles. The van der Waals surface area contributed by atoms with Crippen LogP contribution in [0.25, 0.3) is 0 Å². The third kappa shape index (κ3) is 8.73. The largest absolute Gasteiger partial charge is 0.459 e. The van der Waals surface area contributed by atoms with Gasteiger partial charge in [0.1, 0.15) is 12.2 Å². The third-order valence-electron chi connectivity index (χ3n) is 3.05. The van der Waals surface area contributed by atoms with E-state index in [4.69, 9.17) is 9.47 Å². The van der Waals surface area contributed by atoms with Gasteiger partial charge in [-0.05, 0) is 25.7 Å². The van der Waals surface area contributed by atoms with Crippen molar-refractivity contribution in [3.63, 3.8) is 0 Å². The van der Waals surface area contributed by atoms with Gasteiger partial charge in [0.15, 0.2) is 0 Å². The molecule has 0 aromatic rings. The summed E-state index contributed by atoms with van der Waals surface area (Å²) < 4.78 is 10.5. The van der Waals surface area contributed by atoms with E-state index in [0.717, 1.165) is 50.7 Å². The molecule has 0 amide bonds. The summed E-state index contributed by atoms with van der Waals surface area (Å²) in [6.07, 6.45) is 7.34. The SMILES string of the molecule is CCCC(CC)OC(=O)/C=C\C(=O)OC(CC)CCC. The Morgan fingerprint density at radius 3 is 1.40 bits per heavy atom. The molecule has 0 rings (SSSR count). The molecule has 0 saturated heterocycles. The van der Waals surface area contributed by atoms with Crippen LogP contribution in [0.15, 0.2) is 12.2 Å². The van der Waals surface area contributed by atoms with Crippen molar-refractivity contribution in [3.05, 3.63) is 12.2 Å². The minimum absolute atomic E-state index is 0.0725. The van der Waals surface area contributed by atoms with Crippen molar-refractivity contribution < 1.29 is 19.1 Å². The monoisotopic (exact) mass is 284 g/mol. The van der Waals surface area contributed by atoms with Crippen molar-refractivity contribution in [2.75, 3.05) is 0 Å². The summed E-state index contributed by atoms with van der Waals surface area (Å²) in [5, 5.41) is 0. The maximum atomic E-state index is 11.6. The second-order valence-corrected chi connectivity index (χ2v) is 4.84. The number of hydrogen-bond donors (Lipinski definition) is 0. The van der Waals surface area contributed by atoms with E-state index in [9.17, 15) is 9.59 Å². The quantitative estimate of drug-likeness (QED) is 0.452. The molecule has 0 aliphatic rings. The first-order valence-electron chi connectivity index (χ1n) is 7.66. The van der Waals surface area contributed by atoms with Gasteiger partial charge in [-0.25, -0.2) is 9.59 Å². The highest BCUT2D eigenvalue weighted by molar-refractivity contribution is 5.91. The van der Waals surface area contributed by atoms with Crippen LogP contribution in [0.1, 0.15) is 66.2 Å². The Hall–Kier alpha value is -1.32. The Morgan fingerprint density at radius 2 is 1.15 bits per heavy atom. The Kier molecular flexibility index (Phi) is 10.7. The van der Waals surface area contributed by atoms with Crippen LogP contribution in [0.5, 0.6) is 0 Å². The van der Waals surface area contributed by atoms with Gasteiger partial charge in [0.2, 0.25) is 0 Å². The molecular formula is C16H28O4. The van der Waals surface area contributed by atoms with Gasteiger partial charge < -0.3 is 9.47 Å². The van der Waals surface area contributed by atoms with Gasteiger partial charge in [0.05, 0.1) is 0 Å². The van der Waals surface area contributed by atoms with Gasteiger partial charge in [-0.1, -0.05) is 40.5 Å². The van der Waals surface area contributed by atoms with Crippen LogP contribution in [-0.2, 0) is 19.1 Å². The fourth-order valence-electron chi connectivity index (χ4n) is 1.88. The van der Waals surface area contributed by atoms with Crippen LogP contribution in [0, 0.1) is 0 Å². The number of carbonyl (C=O) groups excluding carboxylic acids is 2. The van der Waals surface area contributed by atoms with Crippen LogP contribution >= 0.6 is 0 Å². The van der Waals surface area contributed by atoms with E-state index < -0.39 is 11.9 Å². The maximum Gasteiger partial charge on any atom is 0.331 e. The van der Waals surface area contributed by atoms with Crippen molar-refractivity contribution in [2.24, 2.45) is 0 Å². The summed E-state index contributed by atoms with van der Waals surface area (Å²) in [6.45, 7) is 8.04. The van der Waals surface area contributed by atoms with Crippen molar-refractivity contribution >= 4 is 11.9 Å². The van der Waals surface area contributed by atoms with Crippen molar-refractivity contribution in [1.82, 2.24) is 0 Å². The van der Waals surface area contributed by atoms with Gasteiger partial charge in [-0.3, -0.25) is 0 Å². The Labute approximate surface area is 122 Å². The summed E-state index contributed by atoms with van der Waals surface area (Å²) in [5.41, 5.74) is 0. The number of ether oxygens (including phenoxy) is 2. The third-order valence-corrected chi connectivity index (χ3v) is 3.05. The molecule has 0 spiro atoms. The van der Waals surface area contributed by atoms with Gasteiger partial charge in [-0.2, -0.15) is 0 Å². The second-order valence-electron chi connectivity index (χ2n) is 4.84. The summed E-state index contributed by atoms with van der Waals surface area (Å²) in [6, 6.07) is 0. The minimum Gasteiger partial charge on any atom is -0.459 e. The zero-order chi connectivity index (χ0) is 15.4. The van der Waals surface area contributed by atoms with Crippen LogP contribution in [0.4, 0.5) is 0 Å². The predicted molar refractivity (Wildman–Crippen MR) is 79.3 cm³/mol. The zero-order valence-corrected chi connectivity index (χ0v) is 13.2. The number of carbonyl (C=O) groups is 2. The standard InChI is InChI=1S/C16H28O4/c1-5-9-13(7-3)19-15(17)11-12-16(18)20-14(8-4)10-6-2/h11-14H,5-10H2,1-4H3/b12-11-. The molecule has 116 valence electrons. The average Bonchev–Trinajstić information content (AvgIpc) is 2.44. The molecule has 0 bridgehead atoms. The van der Waals surface area contributed by atoms with Crippen LogP contribution in [0.3, 0.4) is 0 Å². The molecule has 0 heterocycles. The fraction of sp³-hybridized carbons (Fsp3) is 0.750. The molecule has 20 heavy (non-hydrogen) atoms. The molecule has 0 aromatic heterocycles. The lowest BCUT2D eigenvalue weighted by Gasteiger charge is -2.14. The summed E-state index contributed by atoms with van der Waals surface area (Å²) in [7, 11) is 0. The molecule has 0 fully saturated rings. The fourth-order valence-corrected chi connectivity index (χ4v) is 1.88. The lowest BCUT2D eigenvalue weighted by atomic mass is 10.1. The summed E-state index contributed by atoms with van der Waals surface area (Å²) in [4.78, 5) is 23.1. The van der Waals surface area contributed by atoms with Crippen molar-refractivity contribution in [2.45, 2.75) is 78.4 Å². The van der Waals surface area contributed by atoms with Crippen LogP contribution < -0.4 is 0 Å². The zero-order valence-electron chi connectivity index (χ0n) is 13.2. The minimum atomic E-state index is -0.481. The summed E-state index contributed by atoms with van der Waals surface area (Å²) >= 11 is 0. The van der Waals surface area contributed by atoms with E-state index in [1.165, 1.54) is 0 Å². The maximum absolute atomic E-state index is 11.6. The molecular weight excluding hydrogens is 256 g/mol. The first-order valence-corrected chi connectivity index (χ1v) is 7.66. The van der Waals surface area contributed by atoms with Gasteiger partial charge in [0, 0.05) is 12.2 Å². The Bertz CT molecular complexity index is 280. The van der Waals surface area contributed by atoms with Crippen molar-refractivity contribution in [1.29, 1.82) is 0 Å². The van der Waals surface area contributed by atoms with Gasteiger partial charge >= 0.3 is 11.9 Å². The molecule has 0 aliphatic carbocycles. The van der Waals surface area contributed by atoms with Crippen LogP contribution in [-0.4, -0.2) is 24.1 Å². The topological polar surface area (TPSA) is 52.6 Å². The van der Waals surface area contributed by atoms with Crippen LogP contribution in [0.2, 0.25) is 0 Å². The Balaban J connectivity index is 4.19. The van der Waals surface area contributed by atoms with E-state index in [0.29, 0.717) is 0 Å². The molecule has 0 aliphatic heterocycles. The smallest absolute Gasteiger partial charge is 0.331 e. The average molecular weight is 284 g/mol. The summed E-state index contributed by atoms with van der Waals surface area (Å²) in [5.74, 6) is -0.962. The second kappa shape index (κ2) is 11.5. The Morgan fingerprint density at radius 1 is 0.800 bits per heavy atom. The highest BCUT2D eigenvalue weighted by atomic mass is 16.5. The van der Waals surface area contributed by atoms with Gasteiger partial charge in [0.25, 0.3) is 0 Å². The van der Waals surface area contributed by atoms with E-state index in [1.807, 2.05) is 27.7 Å². The number of esters is 2. The first-order chi connectivity index (χ1) is 9.57. The van der Waals surface area contributed by atoms with Gasteiger partial charge in [-0.15, -0.1) is 0 Å². The molecule has 2 unspecified atom stereocenters.